The molecule has 1 heterocycles. The van der Waals surface area contributed by atoms with Gasteiger partial charge in [-0.2, -0.15) is 0 Å². The number of nitrogens with zero attached hydrogens (tertiary/aromatic N) is 1. The molecule has 1 atom stereocenters. The summed E-state index contributed by atoms with van der Waals surface area (Å²) in [5.74, 6) is -0.552. The second-order valence-electron chi connectivity index (χ2n) is 7.58. The maximum Gasteiger partial charge on any atom is 0.338 e. The smallest absolute Gasteiger partial charge is 0.338 e. The molecule has 0 radical (unpaired) electrons. The minimum Gasteiger partial charge on any atom is -0.457 e. The molecule has 0 unspecified atom stereocenters. The van der Waals surface area contributed by atoms with E-state index in [1.807, 2.05) is 62.4 Å². The number of sulfonamides is 1. The van der Waals surface area contributed by atoms with Crippen molar-refractivity contribution in [2.75, 3.05) is 4.31 Å². The molecule has 0 spiro atoms. The Labute approximate surface area is 177 Å². The van der Waals surface area contributed by atoms with Gasteiger partial charge in [0.25, 0.3) is 10.0 Å². The number of fused-ring (bicyclic) bond motifs is 1. The summed E-state index contributed by atoms with van der Waals surface area (Å²) < 4.78 is 33.6. The van der Waals surface area contributed by atoms with Crippen molar-refractivity contribution in [3.8, 4) is 0 Å². The standard InChI is InChI=1S/C24H23NO4S/c1-17-7-5-8-19(13-17)16-29-24(26)21-10-6-11-22(15-21)30(27,28)25-18(2)14-20-9-3-4-12-23(20)25/h3-13,15,18H,14,16H2,1-2H3/t18-/m0/s1. The molecule has 4 rings (SSSR count). The zero-order valence-corrected chi connectivity index (χ0v) is 17.7. The van der Waals surface area contributed by atoms with Crippen molar-refractivity contribution in [2.45, 2.75) is 37.8 Å². The lowest BCUT2D eigenvalue weighted by Crippen LogP contribution is -2.35. The van der Waals surface area contributed by atoms with E-state index in [-0.39, 0.29) is 23.1 Å². The molecule has 1 aliphatic rings. The number of aryl methyl sites for hydroxylation is 1. The minimum atomic E-state index is -3.80. The van der Waals surface area contributed by atoms with Gasteiger partial charge < -0.3 is 4.74 Å². The van der Waals surface area contributed by atoms with Crippen LogP contribution in [0.5, 0.6) is 0 Å². The molecular formula is C24H23NO4S. The highest BCUT2D eigenvalue weighted by Crippen LogP contribution is 2.36. The zero-order valence-electron chi connectivity index (χ0n) is 16.9. The molecule has 0 fully saturated rings. The molecule has 0 aromatic heterocycles. The summed E-state index contributed by atoms with van der Waals surface area (Å²) in [5, 5.41) is 0. The Balaban J connectivity index is 1.57. The lowest BCUT2D eigenvalue weighted by Gasteiger charge is -2.24. The number of esters is 1. The van der Waals surface area contributed by atoms with Gasteiger partial charge in [-0.15, -0.1) is 0 Å². The maximum absolute atomic E-state index is 13.4. The van der Waals surface area contributed by atoms with Gasteiger partial charge >= 0.3 is 5.97 Å². The lowest BCUT2D eigenvalue weighted by atomic mass is 10.1. The monoisotopic (exact) mass is 421 g/mol. The largest absolute Gasteiger partial charge is 0.457 e. The van der Waals surface area contributed by atoms with E-state index in [1.54, 1.807) is 12.1 Å². The molecule has 3 aromatic rings. The maximum atomic E-state index is 13.4. The number of para-hydroxylation sites is 1. The van der Waals surface area contributed by atoms with Crippen molar-refractivity contribution in [1.82, 2.24) is 0 Å². The first-order chi connectivity index (χ1) is 14.4. The molecule has 6 heteroatoms. The molecule has 0 bridgehead atoms. The number of hydrogen-bond donors (Lipinski definition) is 0. The Hall–Kier alpha value is -3.12. The third-order valence-electron chi connectivity index (χ3n) is 5.22. The van der Waals surface area contributed by atoms with E-state index in [0.29, 0.717) is 12.1 Å². The van der Waals surface area contributed by atoms with E-state index in [9.17, 15) is 13.2 Å². The fourth-order valence-corrected chi connectivity index (χ4v) is 5.57. The second kappa shape index (κ2) is 7.95. The molecule has 0 aliphatic carbocycles. The highest BCUT2D eigenvalue weighted by Gasteiger charge is 2.36. The fourth-order valence-electron chi connectivity index (χ4n) is 3.83. The number of anilines is 1. The summed E-state index contributed by atoms with van der Waals surface area (Å²) in [7, 11) is -3.80. The Bertz CT molecular complexity index is 1200. The summed E-state index contributed by atoms with van der Waals surface area (Å²) in [6, 6.07) is 21.1. The van der Waals surface area contributed by atoms with Crippen molar-refractivity contribution in [1.29, 1.82) is 0 Å². The molecule has 30 heavy (non-hydrogen) atoms. The van der Waals surface area contributed by atoms with Crippen LogP contribution >= 0.6 is 0 Å². The van der Waals surface area contributed by atoms with Crippen LogP contribution in [0.15, 0.2) is 77.7 Å². The van der Waals surface area contributed by atoms with Crippen molar-refractivity contribution in [2.24, 2.45) is 0 Å². The molecule has 3 aromatic carbocycles. The van der Waals surface area contributed by atoms with Crippen molar-refractivity contribution in [3.05, 3.63) is 95.1 Å². The topological polar surface area (TPSA) is 63.7 Å². The molecule has 0 N–H and O–H groups in total. The van der Waals surface area contributed by atoms with E-state index < -0.39 is 16.0 Å². The number of rotatable bonds is 5. The van der Waals surface area contributed by atoms with Crippen LogP contribution in [-0.4, -0.2) is 20.4 Å². The number of ether oxygens (including phenoxy) is 1. The number of carbonyl (C=O) groups excluding carboxylic acids is 1. The molecule has 0 amide bonds. The van der Waals surface area contributed by atoms with Gasteiger partial charge in [0.05, 0.1) is 16.1 Å². The van der Waals surface area contributed by atoms with Crippen molar-refractivity contribution < 1.29 is 17.9 Å². The zero-order chi connectivity index (χ0) is 21.3. The first kappa shape index (κ1) is 20.2. The van der Waals surface area contributed by atoms with Gasteiger partial charge in [0, 0.05) is 6.04 Å². The van der Waals surface area contributed by atoms with Gasteiger partial charge in [-0.3, -0.25) is 4.31 Å². The lowest BCUT2D eigenvalue weighted by molar-refractivity contribution is 0.0472. The predicted octanol–water partition coefficient (Wildman–Crippen LogP) is 4.49. The van der Waals surface area contributed by atoms with Gasteiger partial charge in [-0.05, 0) is 55.7 Å². The average Bonchev–Trinajstić information content (AvgIpc) is 3.08. The van der Waals surface area contributed by atoms with Gasteiger partial charge in [0.2, 0.25) is 0 Å². The van der Waals surface area contributed by atoms with Gasteiger partial charge in [0.15, 0.2) is 0 Å². The number of carbonyl (C=O) groups is 1. The van der Waals surface area contributed by atoms with E-state index in [1.165, 1.54) is 16.4 Å². The van der Waals surface area contributed by atoms with Gasteiger partial charge in [0.1, 0.15) is 6.61 Å². The SMILES string of the molecule is Cc1cccc(COC(=O)c2cccc(S(=O)(=O)N3c4ccccc4C[C@@H]3C)c2)c1. The van der Waals surface area contributed by atoms with Crippen LogP contribution in [0.3, 0.4) is 0 Å². The van der Waals surface area contributed by atoms with Crippen LogP contribution in [0.2, 0.25) is 0 Å². The van der Waals surface area contributed by atoms with Crippen LogP contribution in [0.25, 0.3) is 0 Å². The van der Waals surface area contributed by atoms with E-state index in [0.717, 1.165) is 16.7 Å². The van der Waals surface area contributed by atoms with Gasteiger partial charge in [-0.25, -0.2) is 13.2 Å². The molecule has 154 valence electrons. The van der Waals surface area contributed by atoms with Crippen LogP contribution in [0.4, 0.5) is 5.69 Å². The van der Waals surface area contributed by atoms with E-state index >= 15 is 0 Å². The normalized spacial score (nSPS) is 15.7. The first-order valence-electron chi connectivity index (χ1n) is 9.81. The number of benzene rings is 3. The first-order valence-corrected chi connectivity index (χ1v) is 11.3. The Morgan fingerprint density at radius 2 is 1.80 bits per heavy atom. The Morgan fingerprint density at radius 1 is 1.03 bits per heavy atom. The molecule has 0 saturated heterocycles. The quantitative estimate of drug-likeness (QED) is 0.570. The summed E-state index contributed by atoms with van der Waals surface area (Å²) >= 11 is 0. The van der Waals surface area contributed by atoms with Crippen LogP contribution in [0.1, 0.15) is 34.0 Å². The van der Waals surface area contributed by atoms with E-state index in [2.05, 4.69) is 0 Å². The summed E-state index contributed by atoms with van der Waals surface area (Å²) in [5.41, 5.74) is 3.87. The Kier molecular flexibility index (Phi) is 5.35. The number of hydrogen-bond acceptors (Lipinski definition) is 4. The predicted molar refractivity (Wildman–Crippen MR) is 116 cm³/mol. The molecular weight excluding hydrogens is 398 g/mol. The molecule has 0 saturated carbocycles. The second-order valence-corrected chi connectivity index (χ2v) is 9.39. The van der Waals surface area contributed by atoms with Crippen LogP contribution in [-0.2, 0) is 27.8 Å². The Morgan fingerprint density at radius 3 is 2.60 bits per heavy atom. The highest BCUT2D eigenvalue weighted by atomic mass is 32.2. The fraction of sp³-hybridized carbons (Fsp3) is 0.208. The van der Waals surface area contributed by atoms with Crippen molar-refractivity contribution in [3.63, 3.8) is 0 Å². The molecule has 5 nitrogen and oxygen atoms in total. The van der Waals surface area contributed by atoms with E-state index in [4.69, 9.17) is 4.74 Å². The minimum absolute atomic E-state index is 0.0797. The summed E-state index contributed by atoms with van der Waals surface area (Å²) in [4.78, 5) is 12.6. The third-order valence-corrected chi connectivity index (χ3v) is 7.15. The summed E-state index contributed by atoms with van der Waals surface area (Å²) in [6.07, 6.45) is 0.660. The molecule has 1 aliphatic heterocycles. The van der Waals surface area contributed by atoms with Crippen LogP contribution in [0, 0.1) is 6.92 Å². The van der Waals surface area contributed by atoms with Crippen molar-refractivity contribution >= 4 is 21.7 Å². The average molecular weight is 422 g/mol. The summed E-state index contributed by atoms with van der Waals surface area (Å²) in [6.45, 7) is 3.99. The van der Waals surface area contributed by atoms with Crippen LogP contribution < -0.4 is 4.31 Å². The third kappa shape index (κ3) is 3.83. The highest BCUT2D eigenvalue weighted by molar-refractivity contribution is 7.92. The van der Waals surface area contributed by atoms with Gasteiger partial charge in [-0.1, -0.05) is 54.1 Å².